The van der Waals surface area contributed by atoms with Crippen molar-refractivity contribution in [2.75, 3.05) is 27.1 Å². The highest BCUT2D eigenvalue weighted by Gasteiger charge is 2.35. The lowest BCUT2D eigenvalue weighted by Gasteiger charge is -2.33. The lowest BCUT2D eigenvalue weighted by molar-refractivity contribution is -0.0252. The summed E-state index contributed by atoms with van der Waals surface area (Å²) in [6, 6.07) is 8.41. The van der Waals surface area contributed by atoms with Crippen molar-refractivity contribution in [3.05, 3.63) is 59.9 Å². The van der Waals surface area contributed by atoms with Crippen LogP contribution in [0.25, 0.3) is 6.08 Å². The molecule has 1 aromatic rings. The molecule has 0 saturated heterocycles. The van der Waals surface area contributed by atoms with E-state index in [1.807, 2.05) is 6.08 Å². The molecule has 0 radical (unpaired) electrons. The van der Waals surface area contributed by atoms with Gasteiger partial charge in [0.25, 0.3) is 0 Å². The average molecular weight is 332 g/mol. The summed E-state index contributed by atoms with van der Waals surface area (Å²) in [6.07, 6.45) is 12.5. The fourth-order valence-corrected chi connectivity index (χ4v) is 3.02. The SMILES string of the molecule is COCC1(O)C=CC(OC)=CC1CC=Cc1ccc(SC)cc1. The topological polar surface area (TPSA) is 38.7 Å². The van der Waals surface area contributed by atoms with E-state index in [-0.39, 0.29) is 12.5 Å². The van der Waals surface area contributed by atoms with E-state index in [4.69, 9.17) is 9.47 Å². The van der Waals surface area contributed by atoms with Crippen molar-refractivity contribution in [3.8, 4) is 0 Å². The second-order valence-corrected chi connectivity index (χ2v) is 6.43. The average Bonchev–Trinajstić information content (AvgIpc) is 2.57. The van der Waals surface area contributed by atoms with Crippen molar-refractivity contribution in [2.24, 2.45) is 5.92 Å². The Morgan fingerprint density at radius 1 is 1.26 bits per heavy atom. The van der Waals surface area contributed by atoms with Crippen LogP contribution in [0, 0.1) is 5.92 Å². The Morgan fingerprint density at radius 2 is 2.00 bits per heavy atom. The summed E-state index contributed by atoms with van der Waals surface area (Å²) in [6.45, 7) is 0.262. The first-order valence-corrected chi connectivity index (χ1v) is 8.80. The zero-order valence-corrected chi connectivity index (χ0v) is 14.7. The Morgan fingerprint density at radius 3 is 2.61 bits per heavy atom. The summed E-state index contributed by atoms with van der Waals surface area (Å²) < 4.78 is 10.5. The number of aliphatic hydroxyl groups is 1. The molecule has 0 saturated carbocycles. The lowest BCUT2D eigenvalue weighted by Crippen LogP contribution is -2.41. The number of hydrogen-bond acceptors (Lipinski definition) is 4. The van der Waals surface area contributed by atoms with Gasteiger partial charge in [-0.25, -0.2) is 0 Å². The third kappa shape index (κ3) is 4.74. The van der Waals surface area contributed by atoms with Crippen LogP contribution in [0.5, 0.6) is 0 Å². The Labute approximate surface area is 142 Å². The molecule has 4 heteroatoms. The van der Waals surface area contributed by atoms with Crippen LogP contribution in [0.4, 0.5) is 0 Å². The van der Waals surface area contributed by atoms with Crippen LogP contribution in [0.1, 0.15) is 12.0 Å². The quantitative estimate of drug-likeness (QED) is 0.769. The normalized spacial score (nSPS) is 24.0. The smallest absolute Gasteiger partial charge is 0.115 e. The standard InChI is InChI=1S/C19H24O3S/c1-21-14-19(20)12-11-17(22-2)13-16(19)6-4-5-15-7-9-18(23-3)10-8-15/h4-5,7-13,16,20H,6,14H2,1-3H3. The third-order valence-electron chi connectivity index (χ3n) is 3.97. The summed E-state index contributed by atoms with van der Waals surface area (Å²) >= 11 is 1.73. The lowest BCUT2D eigenvalue weighted by atomic mass is 9.81. The van der Waals surface area contributed by atoms with Crippen LogP contribution < -0.4 is 0 Å². The molecule has 0 aromatic heterocycles. The first kappa shape index (κ1) is 17.9. The molecule has 3 nitrogen and oxygen atoms in total. The fourth-order valence-electron chi connectivity index (χ4n) is 2.61. The van der Waals surface area contributed by atoms with E-state index in [0.717, 1.165) is 11.3 Å². The summed E-state index contributed by atoms with van der Waals surface area (Å²) in [4.78, 5) is 1.25. The summed E-state index contributed by atoms with van der Waals surface area (Å²) in [7, 11) is 3.23. The first-order valence-electron chi connectivity index (χ1n) is 7.58. The predicted octanol–water partition coefficient (Wildman–Crippen LogP) is 3.91. The van der Waals surface area contributed by atoms with Crippen LogP contribution in [-0.2, 0) is 9.47 Å². The van der Waals surface area contributed by atoms with Crippen molar-refractivity contribution in [1.29, 1.82) is 0 Å². The molecule has 1 N–H and O–H groups in total. The Bertz CT molecular complexity index is 589. The van der Waals surface area contributed by atoms with Crippen molar-refractivity contribution < 1.29 is 14.6 Å². The molecule has 0 fully saturated rings. The molecular formula is C19H24O3S. The highest BCUT2D eigenvalue weighted by atomic mass is 32.2. The molecule has 1 aromatic carbocycles. The van der Waals surface area contributed by atoms with Crippen molar-refractivity contribution in [2.45, 2.75) is 16.9 Å². The monoisotopic (exact) mass is 332 g/mol. The first-order chi connectivity index (χ1) is 11.1. The van der Waals surface area contributed by atoms with E-state index < -0.39 is 5.60 Å². The molecule has 0 aliphatic heterocycles. The second kappa shape index (κ2) is 8.39. The van der Waals surface area contributed by atoms with E-state index in [1.54, 1.807) is 38.1 Å². The molecule has 1 aliphatic carbocycles. The minimum absolute atomic E-state index is 0.0795. The van der Waals surface area contributed by atoms with Gasteiger partial charge in [0.05, 0.1) is 13.7 Å². The van der Waals surface area contributed by atoms with Crippen LogP contribution in [-0.4, -0.2) is 37.8 Å². The number of benzene rings is 1. The number of ether oxygens (including phenoxy) is 2. The highest BCUT2D eigenvalue weighted by molar-refractivity contribution is 7.98. The van der Waals surface area contributed by atoms with E-state index in [1.165, 1.54) is 4.90 Å². The maximum atomic E-state index is 10.8. The molecule has 1 aliphatic rings. The molecule has 0 bridgehead atoms. The Hall–Kier alpha value is -1.49. The highest BCUT2D eigenvalue weighted by Crippen LogP contribution is 2.31. The van der Waals surface area contributed by atoms with Crippen molar-refractivity contribution >= 4 is 17.8 Å². The summed E-state index contributed by atoms with van der Waals surface area (Å²) in [5.74, 6) is 0.692. The van der Waals surface area contributed by atoms with Crippen LogP contribution in [0.3, 0.4) is 0 Å². The van der Waals surface area contributed by atoms with Crippen LogP contribution in [0.2, 0.25) is 0 Å². The zero-order chi connectivity index (χ0) is 16.7. The van der Waals surface area contributed by atoms with Crippen LogP contribution >= 0.6 is 11.8 Å². The molecular weight excluding hydrogens is 308 g/mol. The molecule has 0 spiro atoms. The summed E-state index contributed by atoms with van der Waals surface area (Å²) in [5, 5.41) is 10.8. The number of methoxy groups -OCH3 is 2. The largest absolute Gasteiger partial charge is 0.497 e. The van der Waals surface area contributed by atoms with Gasteiger partial charge in [-0.05, 0) is 48.6 Å². The van der Waals surface area contributed by atoms with E-state index in [2.05, 4.69) is 42.7 Å². The van der Waals surface area contributed by atoms with Gasteiger partial charge in [0.2, 0.25) is 0 Å². The van der Waals surface area contributed by atoms with Gasteiger partial charge in [-0.2, -0.15) is 0 Å². The third-order valence-corrected chi connectivity index (χ3v) is 4.71. The van der Waals surface area contributed by atoms with Gasteiger partial charge in [-0.15, -0.1) is 11.8 Å². The van der Waals surface area contributed by atoms with Gasteiger partial charge < -0.3 is 14.6 Å². The zero-order valence-electron chi connectivity index (χ0n) is 13.9. The molecule has 0 heterocycles. The summed E-state index contributed by atoms with van der Waals surface area (Å²) in [5.41, 5.74) is 0.157. The Kier molecular flexibility index (Phi) is 6.51. The predicted molar refractivity (Wildman–Crippen MR) is 96.4 cm³/mol. The maximum Gasteiger partial charge on any atom is 0.115 e. The van der Waals surface area contributed by atoms with Crippen LogP contribution in [0.15, 0.2) is 59.2 Å². The maximum absolute atomic E-state index is 10.8. The molecule has 124 valence electrons. The van der Waals surface area contributed by atoms with E-state index in [9.17, 15) is 5.11 Å². The van der Waals surface area contributed by atoms with Gasteiger partial charge in [0.15, 0.2) is 0 Å². The minimum atomic E-state index is -0.996. The van der Waals surface area contributed by atoms with Gasteiger partial charge in [0, 0.05) is 17.9 Å². The van der Waals surface area contributed by atoms with E-state index >= 15 is 0 Å². The van der Waals surface area contributed by atoms with E-state index in [0.29, 0.717) is 6.42 Å². The number of allylic oxidation sites excluding steroid dienone is 2. The van der Waals surface area contributed by atoms with Gasteiger partial charge in [-0.1, -0.05) is 24.3 Å². The number of thioether (sulfide) groups is 1. The number of rotatable bonds is 7. The van der Waals surface area contributed by atoms with Gasteiger partial charge in [0.1, 0.15) is 11.4 Å². The fraction of sp³-hybridized carbons (Fsp3) is 0.368. The Balaban J connectivity index is 2.07. The molecule has 2 rings (SSSR count). The molecule has 2 atom stereocenters. The van der Waals surface area contributed by atoms with Crippen molar-refractivity contribution in [1.82, 2.24) is 0 Å². The molecule has 0 amide bonds. The number of hydrogen-bond donors (Lipinski definition) is 1. The van der Waals surface area contributed by atoms with Crippen molar-refractivity contribution in [3.63, 3.8) is 0 Å². The minimum Gasteiger partial charge on any atom is -0.497 e. The molecule has 2 unspecified atom stereocenters. The van der Waals surface area contributed by atoms with Gasteiger partial charge >= 0.3 is 0 Å². The van der Waals surface area contributed by atoms with Gasteiger partial charge in [-0.3, -0.25) is 0 Å². The molecule has 23 heavy (non-hydrogen) atoms. The second-order valence-electron chi connectivity index (χ2n) is 5.55.